The molecule has 2 N–H and O–H groups in total. The smallest absolute Gasteiger partial charge is 0.223 e. The second kappa shape index (κ2) is 8.84. The van der Waals surface area contributed by atoms with Crippen molar-refractivity contribution in [3.63, 3.8) is 0 Å². The van der Waals surface area contributed by atoms with Crippen molar-refractivity contribution in [3.8, 4) is 0 Å². The quantitative estimate of drug-likeness (QED) is 0.776. The molecule has 0 radical (unpaired) electrons. The number of carbonyl (C=O) groups excluding carboxylic acids is 1. The molecule has 0 spiro atoms. The second-order valence-corrected chi connectivity index (χ2v) is 7.97. The highest BCUT2D eigenvalue weighted by Gasteiger charge is 2.48. The number of carbonyl (C=O) groups is 1. The zero-order chi connectivity index (χ0) is 19.3. The Labute approximate surface area is 166 Å². The van der Waals surface area contributed by atoms with Crippen LogP contribution in [0.1, 0.15) is 42.9 Å². The molecule has 0 unspecified atom stereocenters. The summed E-state index contributed by atoms with van der Waals surface area (Å²) in [6.07, 6.45) is 6.14. The van der Waals surface area contributed by atoms with Crippen molar-refractivity contribution in [3.05, 3.63) is 66.0 Å². The van der Waals surface area contributed by atoms with Crippen LogP contribution in [0.15, 0.2) is 54.7 Å². The van der Waals surface area contributed by atoms with Crippen LogP contribution in [0.2, 0.25) is 0 Å². The third-order valence-corrected chi connectivity index (χ3v) is 6.33. The van der Waals surface area contributed by atoms with Gasteiger partial charge in [-0.05, 0) is 30.5 Å². The summed E-state index contributed by atoms with van der Waals surface area (Å²) in [6, 6.07) is 16.4. The SMILES string of the molecule is O=C(NC[C@H]1[C@H](c2ccccc2)[C@H](CO)N1Cc1ccccn1)C1CCCC1. The van der Waals surface area contributed by atoms with Crippen molar-refractivity contribution in [2.24, 2.45) is 5.92 Å². The third kappa shape index (κ3) is 3.96. The molecule has 2 heterocycles. The number of aliphatic hydroxyl groups excluding tert-OH is 1. The van der Waals surface area contributed by atoms with Gasteiger partial charge in [0.1, 0.15) is 0 Å². The summed E-state index contributed by atoms with van der Waals surface area (Å²) in [4.78, 5) is 19.3. The Morgan fingerprint density at radius 3 is 2.50 bits per heavy atom. The Morgan fingerprint density at radius 1 is 1.07 bits per heavy atom. The number of aliphatic hydroxyl groups is 1. The molecule has 1 saturated carbocycles. The number of nitrogens with one attached hydrogen (secondary N) is 1. The summed E-state index contributed by atoms with van der Waals surface area (Å²) >= 11 is 0. The van der Waals surface area contributed by atoms with Gasteiger partial charge in [0.2, 0.25) is 5.91 Å². The minimum atomic E-state index is 0.0396. The van der Waals surface area contributed by atoms with Crippen LogP contribution in [-0.4, -0.2) is 46.1 Å². The molecule has 3 atom stereocenters. The van der Waals surface area contributed by atoms with Gasteiger partial charge in [-0.1, -0.05) is 49.2 Å². The van der Waals surface area contributed by atoms with E-state index in [-0.39, 0.29) is 36.4 Å². The molecule has 2 aliphatic rings. The Kier molecular flexibility index (Phi) is 6.03. The average Bonchev–Trinajstić information content (AvgIpc) is 3.27. The minimum Gasteiger partial charge on any atom is -0.395 e. The highest BCUT2D eigenvalue weighted by Crippen LogP contribution is 2.41. The first-order chi connectivity index (χ1) is 13.8. The second-order valence-electron chi connectivity index (χ2n) is 7.97. The first-order valence-corrected chi connectivity index (χ1v) is 10.4. The molecule has 1 aromatic heterocycles. The predicted molar refractivity (Wildman–Crippen MR) is 109 cm³/mol. The number of pyridine rings is 1. The maximum Gasteiger partial charge on any atom is 0.223 e. The van der Waals surface area contributed by atoms with Crippen LogP contribution < -0.4 is 5.32 Å². The van der Waals surface area contributed by atoms with Crippen LogP contribution in [0.4, 0.5) is 0 Å². The van der Waals surface area contributed by atoms with E-state index in [1.807, 2.05) is 36.4 Å². The number of rotatable bonds is 7. The standard InChI is InChI=1S/C23H29N3O2/c27-16-21-22(17-8-2-1-3-9-17)20(14-25-23(28)18-10-4-5-11-18)26(21)15-19-12-6-7-13-24-19/h1-3,6-9,12-13,18,20-22,27H,4-5,10-11,14-16H2,(H,25,28)/t20-,21-,22-/m0/s1. The molecule has 1 aliphatic heterocycles. The lowest BCUT2D eigenvalue weighted by Crippen LogP contribution is -2.66. The van der Waals surface area contributed by atoms with Crippen molar-refractivity contribution >= 4 is 5.91 Å². The fraction of sp³-hybridized carbons (Fsp3) is 0.478. The van der Waals surface area contributed by atoms with Crippen LogP contribution in [0, 0.1) is 5.92 Å². The number of nitrogens with zero attached hydrogens (tertiary/aromatic N) is 2. The van der Waals surface area contributed by atoms with Crippen molar-refractivity contribution < 1.29 is 9.90 Å². The summed E-state index contributed by atoms with van der Waals surface area (Å²) in [6.45, 7) is 1.39. The Balaban J connectivity index is 1.50. The summed E-state index contributed by atoms with van der Waals surface area (Å²) in [5, 5.41) is 13.3. The number of hydrogen-bond donors (Lipinski definition) is 2. The van der Waals surface area contributed by atoms with Gasteiger partial charge in [0, 0.05) is 43.2 Å². The molecule has 1 amide bonds. The van der Waals surface area contributed by atoms with Gasteiger partial charge in [0.15, 0.2) is 0 Å². The van der Waals surface area contributed by atoms with Gasteiger partial charge in [0.25, 0.3) is 0 Å². The first kappa shape index (κ1) is 19.1. The van der Waals surface area contributed by atoms with Crippen molar-refractivity contribution in [1.82, 2.24) is 15.2 Å². The molecule has 5 nitrogen and oxygen atoms in total. The van der Waals surface area contributed by atoms with Gasteiger partial charge >= 0.3 is 0 Å². The normalized spacial score (nSPS) is 25.4. The van der Waals surface area contributed by atoms with Crippen LogP contribution in [0.5, 0.6) is 0 Å². The van der Waals surface area contributed by atoms with E-state index in [0.29, 0.717) is 13.1 Å². The zero-order valence-electron chi connectivity index (χ0n) is 16.2. The zero-order valence-corrected chi connectivity index (χ0v) is 16.2. The van der Waals surface area contributed by atoms with Gasteiger partial charge in [-0.3, -0.25) is 14.7 Å². The summed E-state index contributed by atoms with van der Waals surface area (Å²) < 4.78 is 0. The lowest BCUT2D eigenvalue weighted by molar-refractivity contribution is -0.126. The minimum absolute atomic E-state index is 0.0396. The van der Waals surface area contributed by atoms with E-state index in [1.54, 1.807) is 6.20 Å². The Morgan fingerprint density at radius 2 is 1.82 bits per heavy atom. The molecule has 28 heavy (non-hydrogen) atoms. The van der Waals surface area contributed by atoms with Crippen LogP contribution in [0.25, 0.3) is 0 Å². The molecular formula is C23H29N3O2. The molecule has 4 rings (SSSR count). The van der Waals surface area contributed by atoms with Gasteiger partial charge in [0.05, 0.1) is 12.3 Å². The number of amides is 1. The van der Waals surface area contributed by atoms with Gasteiger partial charge < -0.3 is 10.4 Å². The molecule has 1 aromatic carbocycles. The highest BCUT2D eigenvalue weighted by atomic mass is 16.3. The number of hydrogen-bond acceptors (Lipinski definition) is 4. The maximum absolute atomic E-state index is 12.6. The van der Waals surface area contributed by atoms with E-state index in [9.17, 15) is 9.90 Å². The van der Waals surface area contributed by atoms with E-state index < -0.39 is 0 Å². The predicted octanol–water partition coefficient (Wildman–Crippen LogP) is 2.72. The monoisotopic (exact) mass is 379 g/mol. The maximum atomic E-state index is 12.6. The van der Waals surface area contributed by atoms with Crippen LogP contribution in [-0.2, 0) is 11.3 Å². The summed E-state index contributed by atoms with van der Waals surface area (Å²) in [5.41, 5.74) is 2.21. The van der Waals surface area contributed by atoms with Gasteiger partial charge in [-0.25, -0.2) is 0 Å². The van der Waals surface area contributed by atoms with Gasteiger partial charge in [-0.2, -0.15) is 0 Å². The Hall–Kier alpha value is -2.24. The molecule has 5 heteroatoms. The number of benzene rings is 1. The molecule has 2 aromatic rings. The number of likely N-dealkylation sites (tertiary alicyclic amines) is 1. The van der Waals surface area contributed by atoms with Crippen molar-refractivity contribution in [2.45, 2.75) is 50.2 Å². The van der Waals surface area contributed by atoms with E-state index in [2.05, 4.69) is 27.3 Å². The van der Waals surface area contributed by atoms with Crippen LogP contribution in [0.3, 0.4) is 0 Å². The highest BCUT2D eigenvalue weighted by molar-refractivity contribution is 5.78. The summed E-state index contributed by atoms with van der Waals surface area (Å²) in [5.74, 6) is 0.571. The lowest BCUT2D eigenvalue weighted by atomic mass is 9.75. The van der Waals surface area contributed by atoms with E-state index in [4.69, 9.17) is 0 Å². The topological polar surface area (TPSA) is 65.5 Å². The Bertz CT molecular complexity index is 762. The molecule has 1 aliphatic carbocycles. The largest absolute Gasteiger partial charge is 0.395 e. The average molecular weight is 380 g/mol. The molecular weight excluding hydrogens is 350 g/mol. The molecule has 148 valence electrons. The lowest BCUT2D eigenvalue weighted by Gasteiger charge is -2.55. The number of aromatic nitrogens is 1. The first-order valence-electron chi connectivity index (χ1n) is 10.4. The molecule has 2 fully saturated rings. The van der Waals surface area contributed by atoms with E-state index >= 15 is 0 Å². The van der Waals surface area contributed by atoms with Crippen LogP contribution >= 0.6 is 0 Å². The van der Waals surface area contributed by atoms with Crippen molar-refractivity contribution in [1.29, 1.82) is 0 Å². The molecule has 0 bridgehead atoms. The van der Waals surface area contributed by atoms with Gasteiger partial charge in [-0.15, -0.1) is 0 Å². The third-order valence-electron chi connectivity index (χ3n) is 6.33. The fourth-order valence-corrected chi connectivity index (χ4v) is 4.85. The van der Waals surface area contributed by atoms with E-state index in [0.717, 1.165) is 31.4 Å². The fourth-order valence-electron chi connectivity index (χ4n) is 4.85. The van der Waals surface area contributed by atoms with Crippen molar-refractivity contribution in [2.75, 3.05) is 13.2 Å². The molecule has 1 saturated heterocycles. The van der Waals surface area contributed by atoms with E-state index in [1.165, 1.54) is 5.56 Å². The summed E-state index contributed by atoms with van der Waals surface area (Å²) in [7, 11) is 0.